The van der Waals surface area contributed by atoms with Gasteiger partial charge >= 0.3 is 0 Å². The molecule has 0 fully saturated rings. The molecule has 3 rings (SSSR count). The number of hydrogen-bond donors (Lipinski definition) is 2. The maximum absolute atomic E-state index is 13.0. The van der Waals surface area contributed by atoms with Gasteiger partial charge in [-0.15, -0.1) is 0 Å². The topological polar surface area (TPSA) is 77.3 Å². The monoisotopic (exact) mass is 426 g/mol. The molecule has 0 saturated carbocycles. The summed E-state index contributed by atoms with van der Waals surface area (Å²) in [6.07, 6.45) is 2.26. The van der Waals surface area contributed by atoms with Crippen LogP contribution in [0.25, 0.3) is 10.8 Å². The summed E-state index contributed by atoms with van der Waals surface area (Å²) in [7, 11) is 0. The summed E-state index contributed by atoms with van der Waals surface area (Å²) in [6, 6.07) is 22.1. The Labute approximate surface area is 190 Å². The van der Waals surface area contributed by atoms with E-state index in [9.17, 15) is 10.1 Å². The molecule has 0 saturated heterocycles. The van der Waals surface area contributed by atoms with Crippen molar-refractivity contribution in [2.75, 3.05) is 0 Å². The molecule has 0 radical (unpaired) electrons. The zero-order chi connectivity index (χ0) is 23.1. The number of benzene rings is 3. The quantitative estimate of drug-likeness (QED) is 0.255. The SMILES string of the molecule is Cc1ccccc1CC(=NC(NC(=O)Cc1cccc2ccccc12)C(C)(C)C)NC#N. The Balaban J connectivity index is 1.83. The van der Waals surface area contributed by atoms with E-state index < -0.39 is 6.17 Å². The number of nitrogens with zero attached hydrogens (tertiary/aromatic N) is 2. The zero-order valence-electron chi connectivity index (χ0n) is 19.1. The Morgan fingerprint density at radius 2 is 1.62 bits per heavy atom. The summed E-state index contributed by atoms with van der Waals surface area (Å²) in [6.45, 7) is 8.11. The maximum Gasteiger partial charge on any atom is 0.226 e. The molecule has 32 heavy (non-hydrogen) atoms. The zero-order valence-corrected chi connectivity index (χ0v) is 19.1. The van der Waals surface area contributed by atoms with Gasteiger partial charge in [0.05, 0.1) is 6.42 Å². The van der Waals surface area contributed by atoms with Crippen molar-refractivity contribution < 1.29 is 4.79 Å². The van der Waals surface area contributed by atoms with Crippen LogP contribution in [0.3, 0.4) is 0 Å². The van der Waals surface area contributed by atoms with Gasteiger partial charge in [-0.1, -0.05) is 87.5 Å². The summed E-state index contributed by atoms with van der Waals surface area (Å²) < 4.78 is 0. The highest BCUT2D eigenvalue weighted by Gasteiger charge is 2.26. The Hall–Kier alpha value is -3.65. The van der Waals surface area contributed by atoms with Crippen molar-refractivity contribution >= 4 is 22.5 Å². The molecule has 1 unspecified atom stereocenters. The molecule has 3 aromatic rings. The van der Waals surface area contributed by atoms with E-state index in [2.05, 4.69) is 10.6 Å². The second kappa shape index (κ2) is 10.1. The van der Waals surface area contributed by atoms with E-state index >= 15 is 0 Å². The fraction of sp³-hybridized carbons (Fsp3) is 0.296. The predicted octanol–water partition coefficient (Wildman–Crippen LogP) is 4.89. The second-order valence-corrected chi connectivity index (χ2v) is 9.07. The van der Waals surface area contributed by atoms with Crippen LogP contribution in [0.5, 0.6) is 0 Å². The third-order valence-corrected chi connectivity index (χ3v) is 5.45. The highest BCUT2D eigenvalue weighted by atomic mass is 16.1. The molecule has 0 aliphatic rings. The summed E-state index contributed by atoms with van der Waals surface area (Å²) in [4.78, 5) is 17.8. The van der Waals surface area contributed by atoms with Crippen LogP contribution in [-0.2, 0) is 17.6 Å². The first-order valence-electron chi connectivity index (χ1n) is 10.8. The molecule has 0 aromatic heterocycles. The van der Waals surface area contributed by atoms with Crippen molar-refractivity contribution in [3.8, 4) is 6.19 Å². The van der Waals surface area contributed by atoms with Gasteiger partial charge in [-0.25, -0.2) is 4.99 Å². The Morgan fingerprint density at radius 1 is 0.969 bits per heavy atom. The Kier molecular flexibility index (Phi) is 7.27. The molecular formula is C27H30N4O. The molecule has 164 valence electrons. The van der Waals surface area contributed by atoms with Gasteiger partial charge in [0.2, 0.25) is 5.91 Å². The molecule has 2 N–H and O–H groups in total. The number of carbonyl (C=O) groups excluding carboxylic acids is 1. The molecule has 5 nitrogen and oxygen atoms in total. The largest absolute Gasteiger partial charge is 0.334 e. The minimum Gasteiger partial charge on any atom is -0.334 e. The van der Waals surface area contributed by atoms with Crippen molar-refractivity contribution in [3.63, 3.8) is 0 Å². The van der Waals surface area contributed by atoms with Crippen molar-refractivity contribution in [2.24, 2.45) is 10.4 Å². The first-order chi connectivity index (χ1) is 15.3. The highest BCUT2D eigenvalue weighted by molar-refractivity contribution is 5.90. The highest BCUT2D eigenvalue weighted by Crippen LogP contribution is 2.22. The Bertz CT molecular complexity index is 1160. The van der Waals surface area contributed by atoms with Gasteiger partial charge in [0.15, 0.2) is 6.19 Å². The number of nitriles is 1. The average molecular weight is 427 g/mol. The van der Waals surface area contributed by atoms with E-state index in [1.807, 2.05) is 101 Å². The van der Waals surface area contributed by atoms with Crippen LogP contribution in [0, 0.1) is 23.8 Å². The van der Waals surface area contributed by atoms with Crippen molar-refractivity contribution in [3.05, 3.63) is 83.4 Å². The number of amides is 1. The number of aryl methyl sites for hydroxylation is 1. The van der Waals surface area contributed by atoms with Crippen molar-refractivity contribution in [2.45, 2.75) is 46.7 Å². The lowest BCUT2D eigenvalue weighted by Crippen LogP contribution is -2.44. The average Bonchev–Trinajstić information content (AvgIpc) is 2.74. The smallest absolute Gasteiger partial charge is 0.226 e. The normalized spacial score (nSPS) is 12.8. The fourth-order valence-electron chi connectivity index (χ4n) is 3.60. The fourth-order valence-corrected chi connectivity index (χ4v) is 3.60. The van der Waals surface area contributed by atoms with Gasteiger partial charge in [-0.3, -0.25) is 10.1 Å². The molecular weight excluding hydrogens is 396 g/mol. The van der Waals surface area contributed by atoms with Crippen LogP contribution in [-0.4, -0.2) is 17.9 Å². The lowest BCUT2D eigenvalue weighted by Gasteiger charge is -2.29. The summed E-state index contributed by atoms with van der Waals surface area (Å²) in [5, 5.41) is 17.2. The molecule has 0 bridgehead atoms. The molecule has 0 spiro atoms. The van der Waals surface area contributed by atoms with Crippen LogP contribution >= 0.6 is 0 Å². The van der Waals surface area contributed by atoms with Crippen LogP contribution in [0.2, 0.25) is 0 Å². The first-order valence-corrected chi connectivity index (χ1v) is 10.8. The van der Waals surface area contributed by atoms with Crippen molar-refractivity contribution in [1.82, 2.24) is 10.6 Å². The minimum atomic E-state index is -0.482. The lowest BCUT2D eigenvalue weighted by atomic mass is 9.92. The summed E-state index contributed by atoms with van der Waals surface area (Å²) in [5.74, 6) is 0.435. The molecule has 1 amide bonds. The lowest BCUT2D eigenvalue weighted by molar-refractivity contribution is -0.121. The minimum absolute atomic E-state index is 0.0998. The van der Waals surface area contributed by atoms with E-state index in [1.165, 1.54) is 0 Å². The number of fused-ring (bicyclic) bond motifs is 1. The van der Waals surface area contributed by atoms with E-state index in [0.29, 0.717) is 12.3 Å². The number of aliphatic imine (C=N–C) groups is 1. The van der Waals surface area contributed by atoms with Gasteiger partial charge in [0.1, 0.15) is 12.0 Å². The van der Waals surface area contributed by atoms with Crippen LogP contribution in [0.15, 0.2) is 71.7 Å². The maximum atomic E-state index is 13.0. The van der Waals surface area contributed by atoms with Gasteiger partial charge in [0, 0.05) is 11.8 Å². The first kappa shape index (κ1) is 23.0. The summed E-state index contributed by atoms with van der Waals surface area (Å²) in [5.41, 5.74) is 2.87. The van der Waals surface area contributed by atoms with E-state index in [1.54, 1.807) is 0 Å². The predicted molar refractivity (Wildman–Crippen MR) is 130 cm³/mol. The van der Waals surface area contributed by atoms with Gasteiger partial charge in [-0.05, 0) is 34.4 Å². The third-order valence-electron chi connectivity index (χ3n) is 5.45. The number of carbonyl (C=O) groups is 1. The number of hydrogen-bond acceptors (Lipinski definition) is 3. The van der Waals surface area contributed by atoms with E-state index in [-0.39, 0.29) is 17.7 Å². The van der Waals surface area contributed by atoms with E-state index in [4.69, 9.17) is 4.99 Å². The van der Waals surface area contributed by atoms with Crippen LogP contribution in [0.1, 0.15) is 37.5 Å². The van der Waals surface area contributed by atoms with Crippen molar-refractivity contribution in [1.29, 1.82) is 5.26 Å². The molecule has 0 heterocycles. The molecule has 3 aromatic carbocycles. The van der Waals surface area contributed by atoms with Crippen LogP contribution < -0.4 is 10.6 Å². The Morgan fingerprint density at radius 3 is 2.34 bits per heavy atom. The summed E-state index contributed by atoms with van der Waals surface area (Å²) >= 11 is 0. The number of rotatable bonds is 6. The molecule has 0 aliphatic carbocycles. The van der Waals surface area contributed by atoms with Crippen LogP contribution in [0.4, 0.5) is 0 Å². The number of amidine groups is 1. The van der Waals surface area contributed by atoms with Gasteiger partial charge in [-0.2, -0.15) is 5.26 Å². The van der Waals surface area contributed by atoms with E-state index in [0.717, 1.165) is 27.5 Å². The van der Waals surface area contributed by atoms with Gasteiger partial charge in [0.25, 0.3) is 0 Å². The standard InChI is InChI=1S/C27H30N4O/c1-19-10-5-6-12-21(19)16-24(29-18-28)30-26(27(2,3)4)31-25(32)17-22-14-9-13-20-11-7-8-15-23(20)22/h5-15,26H,16-17H2,1-4H3,(H,29,30)(H,31,32). The molecule has 1 atom stereocenters. The molecule has 5 heteroatoms. The number of nitrogens with one attached hydrogen (secondary N) is 2. The molecule has 0 aliphatic heterocycles. The van der Waals surface area contributed by atoms with Gasteiger partial charge < -0.3 is 5.32 Å². The second-order valence-electron chi connectivity index (χ2n) is 9.07. The third kappa shape index (κ3) is 5.95.